The van der Waals surface area contributed by atoms with E-state index in [2.05, 4.69) is 4.74 Å². The molecule has 0 heterocycles. The van der Waals surface area contributed by atoms with E-state index in [4.69, 9.17) is 18.9 Å². The molecule has 10 heteroatoms. The van der Waals surface area contributed by atoms with Crippen LogP contribution in [0.1, 0.15) is 44.0 Å². The van der Waals surface area contributed by atoms with Crippen LogP contribution >= 0.6 is 0 Å². The second-order valence-electron chi connectivity index (χ2n) is 7.75. The van der Waals surface area contributed by atoms with Crippen molar-refractivity contribution in [2.45, 2.75) is 51.7 Å². The van der Waals surface area contributed by atoms with Gasteiger partial charge in [0.25, 0.3) is 0 Å². The Labute approximate surface area is 172 Å². The summed E-state index contributed by atoms with van der Waals surface area (Å²) in [5.41, 5.74) is -0.532. The zero-order chi connectivity index (χ0) is 22.5. The zero-order valence-electron chi connectivity index (χ0n) is 17.2. The molecule has 0 N–H and O–H groups in total. The van der Waals surface area contributed by atoms with Crippen LogP contribution in [0.2, 0.25) is 0 Å². The van der Waals surface area contributed by atoms with Crippen molar-refractivity contribution in [3.8, 4) is 17.2 Å². The van der Waals surface area contributed by atoms with E-state index >= 15 is 0 Å². The average molecular weight is 434 g/mol. The maximum absolute atomic E-state index is 12.6. The molecule has 168 valence electrons. The first kappa shape index (κ1) is 23.8. The molecule has 1 saturated carbocycles. The van der Waals surface area contributed by atoms with E-state index in [0.29, 0.717) is 19.1 Å². The lowest BCUT2D eigenvalue weighted by molar-refractivity contribution is -0.275. The summed E-state index contributed by atoms with van der Waals surface area (Å²) < 4.78 is 62.7. The summed E-state index contributed by atoms with van der Waals surface area (Å²) in [4.78, 5) is 23.1. The summed E-state index contributed by atoms with van der Waals surface area (Å²) in [6, 6.07) is 2.04. The van der Waals surface area contributed by atoms with Gasteiger partial charge < -0.3 is 23.7 Å². The Balaban J connectivity index is 1.84. The van der Waals surface area contributed by atoms with Gasteiger partial charge in [-0.3, -0.25) is 9.59 Å². The summed E-state index contributed by atoms with van der Waals surface area (Å²) in [7, 11) is 1.16. The number of carbonyl (C=O) groups excluding carboxylic acids is 2. The number of aldehydes is 1. The van der Waals surface area contributed by atoms with Gasteiger partial charge in [0, 0.05) is 6.07 Å². The van der Waals surface area contributed by atoms with Crippen LogP contribution in [0.25, 0.3) is 0 Å². The molecular formula is C20H25F3O7. The summed E-state index contributed by atoms with van der Waals surface area (Å²) in [5, 5.41) is 0. The minimum absolute atomic E-state index is 0.00771. The zero-order valence-corrected chi connectivity index (χ0v) is 17.2. The first-order chi connectivity index (χ1) is 13.9. The number of benzene rings is 1. The molecule has 0 aliphatic heterocycles. The van der Waals surface area contributed by atoms with E-state index in [1.165, 1.54) is 0 Å². The van der Waals surface area contributed by atoms with Gasteiger partial charge in [-0.15, -0.1) is 13.2 Å². The molecule has 7 nitrogen and oxygen atoms in total. The minimum Gasteiger partial charge on any atom is -0.493 e. The van der Waals surface area contributed by atoms with Gasteiger partial charge in [0.1, 0.15) is 18.0 Å². The van der Waals surface area contributed by atoms with Crippen molar-refractivity contribution in [3.63, 3.8) is 0 Å². The predicted octanol–water partition coefficient (Wildman–Crippen LogP) is 3.92. The summed E-state index contributed by atoms with van der Waals surface area (Å²) in [6.45, 7) is 5.52. The van der Waals surface area contributed by atoms with Crippen molar-refractivity contribution in [2.75, 3.05) is 20.3 Å². The molecule has 0 bridgehead atoms. The van der Waals surface area contributed by atoms with Crippen LogP contribution in [0.15, 0.2) is 12.1 Å². The highest BCUT2D eigenvalue weighted by Gasteiger charge is 2.38. The number of hydrogen-bond acceptors (Lipinski definition) is 7. The maximum atomic E-state index is 12.6. The molecule has 1 aromatic rings. The molecule has 1 aromatic carbocycles. The second kappa shape index (κ2) is 9.55. The van der Waals surface area contributed by atoms with Crippen LogP contribution < -0.4 is 14.2 Å². The quantitative estimate of drug-likeness (QED) is 0.331. The highest BCUT2D eigenvalue weighted by atomic mass is 19.4. The van der Waals surface area contributed by atoms with Crippen LogP contribution in [0, 0.1) is 5.92 Å². The van der Waals surface area contributed by atoms with Crippen molar-refractivity contribution < 1.29 is 46.4 Å². The number of methoxy groups -OCH3 is 1. The highest BCUT2D eigenvalue weighted by Crippen LogP contribution is 2.37. The van der Waals surface area contributed by atoms with Crippen LogP contribution in [0.5, 0.6) is 17.2 Å². The Morgan fingerprint density at radius 1 is 1.10 bits per heavy atom. The lowest BCUT2D eigenvalue weighted by Gasteiger charge is -2.35. The van der Waals surface area contributed by atoms with Gasteiger partial charge in [-0.2, -0.15) is 0 Å². The second-order valence-corrected chi connectivity index (χ2v) is 7.75. The SMILES string of the molecule is COc1cc(C=O)c(OCCOC2CC(C(=O)OC(C)(C)C)C2)cc1OC(F)(F)F. The van der Waals surface area contributed by atoms with Gasteiger partial charge in [0.2, 0.25) is 0 Å². The smallest absolute Gasteiger partial charge is 0.493 e. The molecule has 0 aromatic heterocycles. The lowest BCUT2D eigenvalue weighted by atomic mass is 9.82. The van der Waals surface area contributed by atoms with Crippen LogP contribution in [-0.2, 0) is 14.3 Å². The summed E-state index contributed by atoms with van der Waals surface area (Å²) in [6.07, 6.45) is -3.56. The Kier molecular flexibility index (Phi) is 7.57. The summed E-state index contributed by atoms with van der Waals surface area (Å²) in [5.74, 6) is -1.43. The Hall–Kier alpha value is -2.49. The Morgan fingerprint density at radius 3 is 2.30 bits per heavy atom. The molecule has 2 rings (SSSR count). The van der Waals surface area contributed by atoms with Gasteiger partial charge in [0.05, 0.1) is 31.3 Å². The van der Waals surface area contributed by atoms with E-state index in [9.17, 15) is 22.8 Å². The van der Waals surface area contributed by atoms with Crippen LogP contribution in [0.3, 0.4) is 0 Å². The van der Waals surface area contributed by atoms with Crippen molar-refractivity contribution in [3.05, 3.63) is 17.7 Å². The van der Waals surface area contributed by atoms with E-state index in [-0.39, 0.29) is 48.3 Å². The molecule has 0 spiro atoms. The van der Waals surface area contributed by atoms with Crippen molar-refractivity contribution in [2.24, 2.45) is 5.92 Å². The minimum atomic E-state index is -4.93. The molecule has 1 fully saturated rings. The molecule has 1 aliphatic carbocycles. The first-order valence-corrected chi connectivity index (χ1v) is 9.32. The van der Waals surface area contributed by atoms with Crippen molar-refractivity contribution in [1.29, 1.82) is 0 Å². The third kappa shape index (κ3) is 7.08. The maximum Gasteiger partial charge on any atom is 0.573 e. The van der Waals surface area contributed by atoms with Gasteiger partial charge in [0.15, 0.2) is 17.8 Å². The molecule has 0 unspecified atom stereocenters. The average Bonchev–Trinajstić information content (AvgIpc) is 2.57. The number of ether oxygens (including phenoxy) is 5. The largest absolute Gasteiger partial charge is 0.573 e. The van der Waals surface area contributed by atoms with Crippen LogP contribution in [0.4, 0.5) is 13.2 Å². The molecule has 0 amide bonds. The molecule has 1 aliphatic rings. The molecular weight excluding hydrogens is 409 g/mol. The van der Waals surface area contributed by atoms with E-state index in [0.717, 1.165) is 19.2 Å². The standard InChI is InChI=1S/C20H25F3O7/c1-19(2,3)30-18(25)12-7-14(8-12)27-5-6-28-15-10-17(29-20(21,22)23)16(26-4)9-13(15)11-24/h9-12,14H,5-8H2,1-4H3. The number of alkyl halides is 3. The number of hydrogen-bond donors (Lipinski definition) is 0. The fraction of sp³-hybridized carbons (Fsp3) is 0.600. The fourth-order valence-corrected chi connectivity index (χ4v) is 2.78. The van der Waals surface area contributed by atoms with Gasteiger partial charge in [-0.05, 0) is 39.7 Å². The molecule has 0 saturated heterocycles. The third-order valence-corrected chi connectivity index (χ3v) is 4.18. The number of carbonyl (C=O) groups is 2. The Bertz CT molecular complexity index is 750. The summed E-state index contributed by atoms with van der Waals surface area (Å²) >= 11 is 0. The third-order valence-electron chi connectivity index (χ3n) is 4.18. The van der Waals surface area contributed by atoms with Gasteiger partial charge in [-0.1, -0.05) is 0 Å². The molecule has 0 atom stereocenters. The molecule has 0 radical (unpaired) electrons. The first-order valence-electron chi connectivity index (χ1n) is 9.32. The topological polar surface area (TPSA) is 80.3 Å². The Morgan fingerprint density at radius 2 is 1.77 bits per heavy atom. The van der Waals surface area contributed by atoms with Crippen molar-refractivity contribution in [1.82, 2.24) is 0 Å². The van der Waals surface area contributed by atoms with Crippen LogP contribution in [-0.4, -0.2) is 50.6 Å². The van der Waals surface area contributed by atoms with E-state index in [1.807, 2.05) is 0 Å². The number of esters is 1. The van der Waals surface area contributed by atoms with E-state index in [1.54, 1.807) is 20.8 Å². The van der Waals surface area contributed by atoms with E-state index < -0.39 is 17.7 Å². The fourth-order valence-electron chi connectivity index (χ4n) is 2.78. The number of halogens is 3. The van der Waals surface area contributed by atoms with Gasteiger partial charge >= 0.3 is 12.3 Å². The predicted molar refractivity (Wildman–Crippen MR) is 98.9 cm³/mol. The highest BCUT2D eigenvalue weighted by molar-refractivity contribution is 5.81. The monoisotopic (exact) mass is 434 g/mol. The van der Waals surface area contributed by atoms with Gasteiger partial charge in [-0.25, -0.2) is 0 Å². The lowest BCUT2D eigenvalue weighted by Crippen LogP contribution is -2.40. The molecule has 30 heavy (non-hydrogen) atoms. The number of rotatable bonds is 9. The normalized spacial score (nSPS) is 18.9. The van der Waals surface area contributed by atoms with Crippen molar-refractivity contribution >= 4 is 12.3 Å².